The number of cyclic esters (lactones) is 1. The summed E-state index contributed by atoms with van der Waals surface area (Å²) in [4.78, 5) is 24.7. The van der Waals surface area contributed by atoms with Crippen molar-refractivity contribution in [3.8, 4) is 0 Å². The van der Waals surface area contributed by atoms with Gasteiger partial charge < -0.3 is 4.74 Å². The largest absolute Gasteiger partial charge is 0.427 e. The molecule has 0 spiro atoms. The minimum atomic E-state index is -0.753. The van der Waals surface area contributed by atoms with Crippen LogP contribution in [0.3, 0.4) is 0 Å². The second-order valence-corrected chi connectivity index (χ2v) is 4.80. The third-order valence-electron chi connectivity index (χ3n) is 2.56. The van der Waals surface area contributed by atoms with Gasteiger partial charge in [-0.2, -0.15) is 0 Å². The number of unbranched alkanes of at least 4 members (excludes halogenated alkanes) is 1. The quantitative estimate of drug-likeness (QED) is 0.787. The van der Waals surface area contributed by atoms with E-state index in [-0.39, 0.29) is 16.5 Å². The van der Waals surface area contributed by atoms with Crippen LogP contribution in [0.5, 0.6) is 0 Å². The van der Waals surface area contributed by atoms with Gasteiger partial charge in [-0.3, -0.25) is 4.79 Å². The molecule has 6 heteroatoms. The van der Waals surface area contributed by atoms with Gasteiger partial charge in [0.15, 0.2) is 5.76 Å². The molecular weight excluding hydrogens is 289 g/mol. The number of benzene rings is 1. The lowest BCUT2D eigenvalue weighted by molar-refractivity contribution is -0.114. The summed E-state index contributed by atoms with van der Waals surface area (Å²) in [6.07, 6.45) is 2.37. The Labute approximate surface area is 120 Å². The number of halogens is 2. The molecule has 4 nitrogen and oxygen atoms in total. The maximum Gasteiger partial charge on any atom is 0.427 e. The SMILES string of the molecule is CCC/C=C1\OC(=O)N(c2ccc(Cl)cc2Cl)C1=O. The Morgan fingerprint density at radius 1 is 1.32 bits per heavy atom. The predicted molar refractivity (Wildman–Crippen MR) is 73.4 cm³/mol. The topological polar surface area (TPSA) is 46.6 Å². The zero-order valence-corrected chi connectivity index (χ0v) is 11.7. The number of carbonyl (C=O) groups excluding carboxylic acids is 2. The number of rotatable bonds is 3. The Bertz CT molecular complexity index is 569. The number of carbonyl (C=O) groups is 2. The third kappa shape index (κ3) is 2.74. The van der Waals surface area contributed by atoms with Crippen LogP contribution in [0.4, 0.5) is 10.5 Å². The van der Waals surface area contributed by atoms with Gasteiger partial charge in [-0.15, -0.1) is 0 Å². The number of hydrogen-bond acceptors (Lipinski definition) is 3. The van der Waals surface area contributed by atoms with Crippen molar-refractivity contribution in [2.75, 3.05) is 4.90 Å². The van der Waals surface area contributed by atoms with Gasteiger partial charge in [0, 0.05) is 5.02 Å². The predicted octanol–water partition coefficient (Wildman–Crippen LogP) is 4.16. The zero-order valence-electron chi connectivity index (χ0n) is 10.2. The summed E-state index contributed by atoms with van der Waals surface area (Å²) in [5.74, 6) is -0.472. The molecule has 0 radical (unpaired) electrons. The molecule has 1 heterocycles. The monoisotopic (exact) mass is 299 g/mol. The van der Waals surface area contributed by atoms with Crippen LogP contribution in [-0.2, 0) is 9.53 Å². The smallest absolute Gasteiger partial charge is 0.404 e. The van der Waals surface area contributed by atoms with E-state index in [1.54, 1.807) is 12.1 Å². The number of anilines is 1. The van der Waals surface area contributed by atoms with E-state index in [0.717, 1.165) is 11.3 Å². The first-order valence-corrected chi connectivity index (χ1v) is 6.51. The standard InChI is InChI=1S/C13H11Cl2NO3/c1-2-3-4-11-12(17)16(13(18)19-11)10-6-5-8(14)7-9(10)15/h4-7H,2-3H2,1H3/b11-4-. The zero-order chi connectivity index (χ0) is 14.0. The molecule has 0 unspecified atom stereocenters. The normalized spacial score (nSPS) is 17.2. The molecule has 0 saturated carbocycles. The summed E-state index contributed by atoms with van der Waals surface area (Å²) in [5, 5.41) is 0.644. The number of nitrogens with zero attached hydrogens (tertiary/aromatic N) is 1. The molecule has 0 N–H and O–H groups in total. The Morgan fingerprint density at radius 2 is 2.05 bits per heavy atom. The van der Waals surface area contributed by atoms with Crippen LogP contribution in [-0.4, -0.2) is 12.0 Å². The number of imide groups is 1. The summed E-state index contributed by atoms with van der Waals surface area (Å²) < 4.78 is 4.93. The maximum atomic E-state index is 12.1. The Kier molecular flexibility index (Phi) is 4.12. The van der Waals surface area contributed by atoms with Crippen LogP contribution in [0.15, 0.2) is 30.0 Å². The molecule has 100 valence electrons. The first kappa shape index (κ1) is 13.9. The van der Waals surface area contributed by atoms with E-state index >= 15 is 0 Å². The lowest BCUT2D eigenvalue weighted by Crippen LogP contribution is -2.28. The van der Waals surface area contributed by atoms with Crippen molar-refractivity contribution >= 4 is 40.9 Å². The molecular formula is C13H11Cl2NO3. The van der Waals surface area contributed by atoms with Gasteiger partial charge in [0.05, 0.1) is 10.7 Å². The fourth-order valence-corrected chi connectivity index (χ4v) is 2.14. The van der Waals surface area contributed by atoms with Crippen LogP contribution in [0, 0.1) is 0 Å². The summed E-state index contributed by atoms with van der Waals surface area (Å²) in [5.41, 5.74) is 0.265. The van der Waals surface area contributed by atoms with Gasteiger partial charge in [-0.05, 0) is 30.7 Å². The van der Waals surface area contributed by atoms with E-state index in [0.29, 0.717) is 11.4 Å². The molecule has 0 bridgehead atoms. The van der Waals surface area contributed by atoms with Crippen molar-refractivity contribution in [1.29, 1.82) is 0 Å². The summed E-state index contributed by atoms with van der Waals surface area (Å²) in [6, 6.07) is 4.52. The highest BCUT2D eigenvalue weighted by molar-refractivity contribution is 6.38. The highest BCUT2D eigenvalue weighted by atomic mass is 35.5. The number of ether oxygens (including phenoxy) is 1. The summed E-state index contributed by atoms with van der Waals surface area (Å²) in [7, 11) is 0. The van der Waals surface area contributed by atoms with Crippen LogP contribution < -0.4 is 4.90 Å². The number of allylic oxidation sites excluding steroid dienone is 1. The highest BCUT2D eigenvalue weighted by Gasteiger charge is 2.38. The first-order valence-electron chi connectivity index (χ1n) is 5.76. The van der Waals surface area contributed by atoms with Crippen LogP contribution in [0.25, 0.3) is 0 Å². The second kappa shape index (κ2) is 5.63. The molecule has 0 aromatic heterocycles. The molecule has 1 aliphatic heterocycles. The van der Waals surface area contributed by atoms with Gasteiger partial charge >= 0.3 is 12.0 Å². The fraction of sp³-hybridized carbons (Fsp3) is 0.231. The molecule has 19 heavy (non-hydrogen) atoms. The number of amides is 2. The Hall–Kier alpha value is -1.52. The van der Waals surface area contributed by atoms with Gasteiger partial charge in [0.1, 0.15) is 0 Å². The van der Waals surface area contributed by atoms with Crippen molar-refractivity contribution in [2.24, 2.45) is 0 Å². The lowest BCUT2D eigenvalue weighted by Gasteiger charge is -2.12. The molecule has 0 atom stereocenters. The van der Waals surface area contributed by atoms with Gasteiger partial charge in [0.25, 0.3) is 0 Å². The second-order valence-electron chi connectivity index (χ2n) is 3.96. The van der Waals surface area contributed by atoms with E-state index in [9.17, 15) is 9.59 Å². The average Bonchev–Trinajstić information content (AvgIpc) is 2.63. The molecule has 2 amide bonds. The minimum Gasteiger partial charge on any atom is -0.404 e. The van der Waals surface area contributed by atoms with Crippen molar-refractivity contribution < 1.29 is 14.3 Å². The molecule has 1 fully saturated rings. The highest BCUT2D eigenvalue weighted by Crippen LogP contribution is 2.33. The van der Waals surface area contributed by atoms with Crippen molar-refractivity contribution in [2.45, 2.75) is 19.8 Å². The van der Waals surface area contributed by atoms with E-state index in [2.05, 4.69) is 0 Å². The van der Waals surface area contributed by atoms with Crippen LogP contribution >= 0.6 is 23.2 Å². The van der Waals surface area contributed by atoms with Crippen molar-refractivity contribution in [1.82, 2.24) is 0 Å². The molecule has 1 aromatic carbocycles. The molecule has 2 rings (SSSR count). The van der Waals surface area contributed by atoms with E-state index in [1.165, 1.54) is 12.1 Å². The first-order chi connectivity index (χ1) is 9.04. The van der Waals surface area contributed by atoms with E-state index < -0.39 is 12.0 Å². The Balaban J connectivity index is 2.35. The van der Waals surface area contributed by atoms with Crippen molar-refractivity contribution in [3.05, 3.63) is 40.1 Å². The summed E-state index contributed by atoms with van der Waals surface area (Å²) in [6.45, 7) is 1.96. The summed E-state index contributed by atoms with van der Waals surface area (Å²) >= 11 is 11.8. The third-order valence-corrected chi connectivity index (χ3v) is 3.10. The van der Waals surface area contributed by atoms with Gasteiger partial charge in [-0.25, -0.2) is 9.69 Å². The van der Waals surface area contributed by atoms with Crippen LogP contribution in [0.1, 0.15) is 19.8 Å². The maximum absolute atomic E-state index is 12.1. The van der Waals surface area contributed by atoms with E-state index in [4.69, 9.17) is 27.9 Å². The Morgan fingerprint density at radius 3 is 2.68 bits per heavy atom. The van der Waals surface area contributed by atoms with Crippen LogP contribution in [0.2, 0.25) is 10.0 Å². The van der Waals surface area contributed by atoms with Gasteiger partial charge in [0.2, 0.25) is 0 Å². The lowest BCUT2D eigenvalue weighted by atomic mass is 10.2. The molecule has 0 aliphatic carbocycles. The minimum absolute atomic E-state index is 0.0397. The van der Waals surface area contributed by atoms with Gasteiger partial charge in [-0.1, -0.05) is 36.5 Å². The molecule has 1 aliphatic rings. The average molecular weight is 300 g/mol. The molecule has 1 aromatic rings. The van der Waals surface area contributed by atoms with Crippen molar-refractivity contribution in [3.63, 3.8) is 0 Å². The molecule has 1 saturated heterocycles. The number of hydrogen-bond donors (Lipinski definition) is 0. The van der Waals surface area contributed by atoms with E-state index in [1.807, 2.05) is 6.92 Å². The fourth-order valence-electron chi connectivity index (χ4n) is 1.65.